The number of nitrogens with one attached hydrogen (secondary N) is 1. The zero-order valence-corrected chi connectivity index (χ0v) is 16.6. The van der Waals surface area contributed by atoms with Gasteiger partial charge in [0.25, 0.3) is 0 Å². The van der Waals surface area contributed by atoms with Crippen LogP contribution in [0.3, 0.4) is 0 Å². The van der Waals surface area contributed by atoms with Gasteiger partial charge >= 0.3 is 0 Å². The summed E-state index contributed by atoms with van der Waals surface area (Å²) in [4.78, 5) is 42.6. The van der Waals surface area contributed by atoms with Crippen LogP contribution in [0, 0.1) is 5.92 Å². The van der Waals surface area contributed by atoms with Crippen LogP contribution in [0.1, 0.15) is 18.9 Å². The molecule has 2 aliphatic rings. The molecule has 7 nitrogen and oxygen atoms in total. The second kappa shape index (κ2) is 9.68. The molecule has 0 radical (unpaired) electrons. The molecule has 2 saturated heterocycles. The number of carbonyl (C=O) groups is 3. The first-order chi connectivity index (χ1) is 13.6. The number of likely N-dealkylation sites (tertiary alicyclic amines) is 1. The summed E-state index contributed by atoms with van der Waals surface area (Å²) in [7, 11) is 0. The Morgan fingerprint density at radius 2 is 1.82 bits per heavy atom. The molecule has 1 atom stereocenters. The van der Waals surface area contributed by atoms with Gasteiger partial charge in [-0.25, -0.2) is 0 Å². The smallest absolute Gasteiger partial charge is 0.234 e. The SMILES string of the molecule is CCNC(=O)CN1CCN(C(=O)C2CC(=O)N(CCc3ccccc3)C2)CC1. The summed E-state index contributed by atoms with van der Waals surface area (Å²) in [6.45, 7) is 6.72. The molecule has 152 valence electrons. The molecule has 28 heavy (non-hydrogen) atoms. The van der Waals surface area contributed by atoms with Crippen molar-refractivity contribution in [2.45, 2.75) is 19.8 Å². The van der Waals surface area contributed by atoms with Crippen LogP contribution in [0.2, 0.25) is 0 Å². The van der Waals surface area contributed by atoms with Crippen LogP contribution in [0.25, 0.3) is 0 Å². The van der Waals surface area contributed by atoms with Gasteiger partial charge in [0.2, 0.25) is 17.7 Å². The maximum atomic E-state index is 12.8. The number of hydrogen-bond donors (Lipinski definition) is 1. The van der Waals surface area contributed by atoms with Gasteiger partial charge in [0.05, 0.1) is 12.5 Å². The summed E-state index contributed by atoms with van der Waals surface area (Å²) in [6.07, 6.45) is 1.12. The second-order valence-electron chi connectivity index (χ2n) is 7.53. The maximum Gasteiger partial charge on any atom is 0.234 e. The first-order valence-electron chi connectivity index (χ1n) is 10.2. The van der Waals surface area contributed by atoms with E-state index in [9.17, 15) is 14.4 Å². The third-order valence-corrected chi connectivity index (χ3v) is 5.50. The van der Waals surface area contributed by atoms with Crippen LogP contribution < -0.4 is 5.32 Å². The molecule has 7 heteroatoms. The van der Waals surface area contributed by atoms with Gasteiger partial charge < -0.3 is 15.1 Å². The molecule has 1 N–H and O–H groups in total. The van der Waals surface area contributed by atoms with Crippen LogP contribution in [-0.2, 0) is 20.8 Å². The first-order valence-corrected chi connectivity index (χ1v) is 10.2. The zero-order valence-electron chi connectivity index (χ0n) is 16.6. The van der Waals surface area contributed by atoms with E-state index in [1.807, 2.05) is 34.9 Å². The number of piperazine rings is 1. The predicted molar refractivity (Wildman–Crippen MR) is 107 cm³/mol. The monoisotopic (exact) mass is 386 g/mol. The van der Waals surface area contributed by atoms with Gasteiger partial charge in [0, 0.05) is 52.2 Å². The molecule has 2 fully saturated rings. The summed E-state index contributed by atoms with van der Waals surface area (Å²) < 4.78 is 0. The molecule has 0 saturated carbocycles. The molecule has 0 spiro atoms. The van der Waals surface area contributed by atoms with E-state index in [1.54, 1.807) is 0 Å². The number of amides is 3. The third-order valence-electron chi connectivity index (χ3n) is 5.50. The summed E-state index contributed by atoms with van der Waals surface area (Å²) in [5.41, 5.74) is 1.20. The topological polar surface area (TPSA) is 73.0 Å². The highest BCUT2D eigenvalue weighted by molar-refractivity contribution is 5.89. The van der Waals surface area contributed by atoms with Gasteiger partial charge in [-0.1, -0.05) is 30.3 Å². The Hall–Kier alpha value is -2.41. The minimum atomic E-state index is -0.238. The highest BCUT2D eigenvalue weighted by Crippen LogP contribution is 2.21. The summed E-state index contributed by atoms with van der Waals surface area (Å²) in [5, 5.41) is 2.80. The van der Waals surface area contributed by atoms with Gasteiger partial charge in [0.15, 0.2) is 0 Å². The Bertz CT molecular complexity index is 686. The van der Waals surface area contributed by atoms with Gasteiger partial charge in [-0.15, -0.1) is 0 Å². The van der Waals surface area contributed by atoms with Crippen molar-refractivity contribution in [2.75, 3.05) is 52.4 Å². The first kappa shape index (κ1) is 20.3. The van der Waals surface area contributed by atoms with Crippen molar-refractivity contribution in [3.63, 3.8) is 0 Å². The van der Waals surface area contributed by atoms with Crippen LogP contribution in [0.15, 0.2) is 30.3 Å². The van der Waals surface area contributed by atoms with Crippen molar-refractivity contribution in [3.05, 3.63) is 35.9 Å². The van der Waals surface area contributed by atoms with Gasteiger partial charge in [-0.05, 0) is 18.9 Å². The molecule has 1 aromatic carbocycles. The normalized spacial score (nSPS) is 20.5. The van der Waals surface area contributed by atoms with E-state index in [1.165, 1.54) is 5.56 Å². The standard InChI is InChI=1S/C21H30N4O3/c1-2-22-19(26)16-23-10-12-24(13-11-23)21(28)18-14-20(27)25(15-18)9-8-17-6-4-3-5-7-17/h3-7,18H,2,8-16H2,1H3,(H,22,26). The number of hydrogen-bond acceptors (Lipinski definition) is 4. The molecule has 1 unspecified atom stereocenters. The second-order valence-corrected chi connectivity index (χ2v) is 7.53. The number of rotatable bonds is 7. The Kier molecular flexibility index (Phi) is 7.03. The van der Waals surface area contributed by atoms with E-state index in [2.05, 4.69) is 22.3 Å². The lowest BCUT2D eigenvalue weighted by molar-refractivity contribution is -0.137. The van der Waals surface area contributed by atoms with E-state index in [-0.39, 0.29) is 23.6 Å². The van der Waals surface area contributed by atoms with Crippen LogP contribution in [0.4, 0.5) is 0 Å². The zero-order chi connectivity index (χ0) is 19.9. The average Bonchev–Trinajstić information content (AvgIpc) is 3.08. The molecule has 3 amide bonds. The summed E-state index contributed by atoms with van der Waals surface area (Å²) >= 11 is 0. The van der Waals surface area contributed by atoms with Crippen LogP contribution >= 0.6 is 0 Å². The fraction of sp³-hybridized carbons (Fsp3) is 0.571. The van der Waals surface area contributed by atoms with Gasteiger partial charge in [-0.2, -0.15) is 0 Å². The molecule has 0 bridgehead atoms. The largest absolute Gasteiger partial charge is 0.355 e. The Labute approximate surface area is 166 Å². The molecule has 1 aromatic rings. The molecule has 2 heterocycles. The van der Waals surface area contributed by atoms with Crippen molar-refractivity contribution in [1.29, 1.82) is 0 Å². The lowest BCUT2D eigenvalue weighted by atomic mass is 10.1. The quantitative estimate of drug-likeness (QED) is 0.734. The minimum absolute atomic E-state index is 0.0257. The van der Waals surface area contributed by atoms with Crippen LogP contribution in [0.5, 0.6) is 0 Å². The van der Waals surface area contributed by atoms with Crippen molar-refractivity contribution >= 4 is 17.7 Å². The van der Waals surface area contributed by atoms with E-state index in [4.69, 9.17) is 0 Å². The van der Waals surface area contributed by atoms with Gasteiger partial charge in [0.1, 0.15) is 0 Å². The minimum Gasteiger partial charge on any atom is -0.355 e. The van der Waals surface area contributed by atoms with E-state index in [0.717, 1.165) is 6.42 Å². The predicted octanol–water partition coefficient (Wildman–Crippen LogP) is 0.358. The Morgan fingerprint density at radius 3 is 2.50 bits per heavy atom. The summed E-state index contributed by atoms with van der Waals surface area (Å²) in [5.74, 6) is -0.0617. The molecule has 3 rings (SSSR count). The third kappa shape index (κ3) is 5.32. The van der Waals surface area contributed by atoms with E-state index in [0.29, 0.717) is 58.8 Å². The van der Waals surface area contributed by atoms with Crippen molar-refractivity contribution < 1.29 is 14.4 Å². The number of benzene rings is 1. The molecular formula is C21H30N4O3. The summed E-state index contributed by atoms with van der Waals surface area (Å²) in [6, 6.07) is 10.1. The van der Waals surface area contributed by atoms with Crippen molar-refractivity contribution in [2.24, 2.45) is 5.92 Å². The van der Waals surface area contributed by atoms with Gasteiger partial charge in [-0.3, -0.25) is 19.3 Å². The molecule has 0 aromatic heterocycles. The number of likely N-dealkylation sites (N-methyl/N-ethyl adjacent to an activating group) is 1. The maximum absolute atomic E-state index is 12.8. The molecular weight excluding hydrogens is 356 g/mol. The lowest BCUT2D eigenvalue weighted by Crippen LogP contribution is -2.52. The van der Waals surface area contributed by atoms with Crippen molar-refractivity contribution in [3.8, 4) is 0 Å². The highest BCUT2D eigenvalue weighted by Gasteiger charge is 2.37. The van der Waals surface area contributed by atoms with Crippen LogP contribution in [-0.4, -0.2) is 84.8 Å². The molecule has 2 aliphatic heterocycles. The van der Waals surface area contributed by atoms with Crippen molar-refractivity contribution in [1.82, 2.24) is 20.0 Å². The fourth-order valence-electron chi connectivity index (χ4n) is 3.90. The highest BCUT2D eigenvalue weighted by atomic mass is 16.2. The van der Waals surface area contributed by atoms with E-state index < -0.39 is 0 Å². The average molecular weight is 386 g/mol. The number of nitrogens with zero attached hydrogens (tertiary/aromatic N) is 3. The lowest BCUT2D eigenvalue weighted by Gasteiger charge is -2.35. The Balaban J connectivity index is 1.44. The Morgan fingerprint density at radius 1 is 1.11 bits per heavy atom. The van der Waals surface area contributed by atoms with E-state index >= 15 is 0 Å². The fourth-order valence-corrected chi connectivity index (χ4v) is 3.90. The number of carbonyl (C=O) groups excluding carboxylic acids is 3. The molecule has 0 aliphatic carbocycles.